The molecule has 0 aliphatic carbocycles. The lowest BCUT2D eigenvalue weighted by molar-refractivity contribution is 0.349. The fourth-order valence-electron chi connectivity index (χ4n) is 2.77. The van der Waals surface area contributed by atoms with Crippen LogP contribution in [0.4, 0.5) is 0 Å². The molecular weight excluding hydrogens is 342 g/mol. The van der Waals surface area contributed by atoms with Gasteiger partial charge in [-0.25, -0.2) is 13.2 Å². The molecule has 1 aromatic carbocycles. The minimum Gasteiger partial charge on any atom is -0.408 e. The fourth-order valence-corrected chi connectivity index (χ4v) is 4.38. The molecule has 0 bridgehead atoms. The van der Waals surface area contributed by atoms with Crippen LogP contribution in [0.5, 0.6) is 0 Å². The summed E-state index contributed by atoms with van der Waals surface area (Å²) in [6.07, 6.45) is 0.741. The van der Waals surface area contributed by atoms with Crippen LogP contribution in [0.2, 0.25) is 0 Å². The summed E-state index contributed by atoms with van der Waals surface area (Å²) >= 11 is 0. The molecule has 0 spiro atoms. The second kappa shape index (κ2) is 5.94. The van der Waals surface area contributed by atoms with Crippen molar-refractivity contribution in [3.8, 4) is 0 Å². The predicted molar refractivity (Wildman–Crippen MR) is 89.2 cm³/mol. The molecule has 1 aromatic heterocycles. The lowest BCUT2D eigenvalue weighted by atomic mass is 9.90. The van der Waals surface area contributed by atoms with Crippen molar-refractivity contribution < 1.29 is 12.8 Å². The van der Waals surface area contributed by atoms with Gasteiger partial charge in [-0.15, -0.1) is 12.4 Å². The lowest BCUT2D eigenvalue weighted by Gasteiger charge is -2.22. The zero-order valence-electron chi connectivity index (χ0n) is 13.0. The number of oxazole rings is 1. The Kier molecular flexibility index (Phi) is 4.64. The molecule has 3 rings (SSSR count). The maximum absolute atomic E-state index is 12.7. The molecule has 1 fully saturated rings. The van der Waals surface area contributed by atoms with E-state index in [2.05, 4.69) is 0 Å². The largest absolute Gasteiger partial charge is 0.419 e. The number of sulfonamides is 1. The Morgan fingerprint density at radius 2 is 2.09 bits per heavy atom. The fraction of sp³-hybridized carbons (Fsp3) is 0.500. The monoisotopic (exact) mass is 361 g/mol. The highest BCUT2D eigenvalue weighted by Crippen LogP contribution is 2.33. The van der Waals surface area contributed by atoms with Crippen molar-refractivity contribution in [1.82, 2.24) is 8.87 Å². The molecule has 2 heterocycles. The van der Waals surface area contributed by atoms with E-state index in [0.29, 0.717) is 25.2 Å². The number of hydrogen-bond acceptors (Lipinski definition) is 5. The van der Waals surface area contributed by atoms with Crippen molar-refractivity contribution in [1.29, 1.82) is 0 Å². The standard InChI is InChI=1S/C14H19N3O4S.ClH/c1-14(8-15)5-6-17(9-14)22(19,20)10-3-4-11-12(7-10)21-13(18)16(11)2;/h3-4,7H,5-6,8-9,15H2,1-2H3;1H. The van der Waals surface area contributed by atoms with E-state index in [4.69, 9.17) is 10.2 Å². The van der Waals surface area contributed by atoms with Crippen LogP contribution in [0.1, 0.15) is 13.3 Å². The predicted octanol–water partition coefficient (Wildman–Crippen LogP) is 0.913. The maximum atomic E-state index is 12.7. The zero-order chi connectivity index (χ0) is 16.1. The Morgan fingerprint density at radius 3 is 2.70 bits per heavy atom. The van der Waals surface area contributed by atoms with Crippen LogP contribution in [0.15, 0.2) is 32.3 Å². The molecule has 2 N–H and O–H groups in total. The molecule has 9 heteroatoms. The quantitative estimate of drug-likeness (QED) is 0.876. The van der Waals surface area contributed by atoms with Crippen molar-refractivity contribution >= 4 is 33.5 Å². The van der Waals surface area contributed by atoms with Gasteiger partial charge in [-0.2, -0.15) is 4.31 Å². The molecule has 0 saturated carbocycles. The van der Waals surface area contributed by atoms with Crippen molar-refractivity contribution in [2.45, 2.75) is 18.2 Å². The third-order valence-electron chi connectivity index (χ3n) is 4.42. The van der Waals surface area contributed by atoms with Crippen LogP contribution in [0.25, 0.3) is 11.1 Å². The van der Waals surface area contributed by atoms with Gasteiger partial charge in [0.1, 0.15) is 0 Å². The van der Waals surface area contributed by atoms with Crippen molar-refractivity contribution in [3.05, 3.63) is 28.7 Å². The first-order chi connectivity index (χ1) is 10.3. The highest BCUT2D eigenvalue weighted by Gasteiger charge is 2.39. The summed E-state index contributed by atoms with van der Waals surface area (Å²) in [6.45, 7) is 3.29. The average Bonchev–Trinajstić information content (AvgIpc) is 3.02. The molecule has 1 aliphatic heterocycles. The molecule has 7 nitrogen and oxygen atoms in total. The zero-order valence-corrected chi connectivity index (χ0v) is 14.6. The number of hydrogen-bond donors (Lipinski definition) is 1. The Morgan fingerprint density at radius 1 is 1.39 bits per heavy atom. The number of aryl methyl sites for hydroxylation is 1. The minimum atomic E-state index is -3.61. The molecule has 1 saturated heterocycles. The van der Waals surface area contributed by atoms with Gasteiger partial charge in [-0.3, -0.25) is 4.57 Å². The molecule has 1 aliphatic rings. The van der Waals surface area contributed by atoms with Gasteiger partial charge >= 0.3 is 5.76 Å². The highest BCUT2D eigenvalue weighted by atomic mass is 35.5. The van der Waals surface area contributed by atoms with E-state index < -0.39 is 15.8 Å². The number of aromatic nitrogens is 1. The van der Waals surface area contributed by atoms with Gasteiger partial charge in [0.2, 0.25) is 10.0 Å². The van der Waals surface area contributed by atoms with Gasteiger partial charge in [0.25, 0.3) is 0 Å². The average molecular weight is 362 g/mol. The summed E-state index contributed by atoms with van der Waals surface area (Å²) in [5.74, 6) is -0.513. The van der Waals surface area contributed by atoms with Gasteiger partial charge in [-0.05, 0) is 30.5 Å². The minimum absolute atomic E-state index is 0. The molecular formula is C14H20ClN3O4S. The molecule has 2 aromatic rings. The van der Waals surface area contributed by atoms with Crippen LogP contribution < -0.4 is 11.5 Å². The number of nitrogens with zero attached hydrogens (tertiary/aromatic N) is 2. The van der Waals surface area contributed by atoms with Crippen molar-refractivity contribution in [3.63, 3.8) is 0 Å². The van der Waals surface area contributed by atoms with Crippen LogP contribution in [-0.4, -0.2) is 36.9 Å². The first-order valence-electron chi connectivity index (χ1n) is 7.07. The van der Waals surface area contributed by atoms with Gasteiger partial charge in [0, 0.05) is 26.2 Å². The van der Waals surface area contributed by atoms with Crippen LogP contribution in [0.3, 0.4) is 0 Å². The van der Waals surface area contributed by atoms with Gasteiger partial charge in [0.05, 0.1) is 10.4 Å². The van der Waals surface area contributed by atoms with Crippen LogP contribution in [0, 0.1) is 5.41 Å². The summed E-state index contributed by atoms with van der Waals surface area (Å²) in [4.78, 5) is 11.6. The van der Waals surface area contributed by atoms with Gasteiger partial charge in [0.15, 0.2) is 5.58 Å². The van der Waals surface area contributed by atoms with E-state index in [9.17, 15) is 13.2 Å². The van der Waals surface area contributed by atoms with E-state index in [1.807, 2.05) is 6.92 Å². The van der Waals surface area contributed by atoms with E-state index in [1.165, 1.54) is 21.0 Å². The number of nitrogens with two attached hydrogens (primary N) is 1. The van der Waals surface area contributed by atoms with Crippen molar-refractivity contribution in [2.24, 2.45) is 18.2 Å². The molecule has 23 heavy (non-hydrogen) atoms. The SMILES string of the molecule is Cl.Cn1c(=O)oc2cc(S(=O)(=O)N3CCC(C)(CN)C3)ccc21. The van der Waals surface area contributed by atoms with Crippen LogP contribution >= 0.6 is 12.4 Å². The van der Waals surface area contributed by atoms with Crippen LogP contribution in [-0.2, 0) is 17.1 Å². The van der Waals surface area contributed by atoms with Crippen molar-refractivity contribution in [2.75, 3.05) is 19.6 Å². The Bertz CT molecular complexity index is 889. The lowest BCUT2D eigenvalue weighted by Crippen LogP contribution is -2.34. The first kappa shape index (κ1) is 18.0. The molecule has 0 radical (unpaired) electrons. The highest BCUT2D eigenvalue weighted by molar-refractivity contribution is 7.89. The summed E-state index contributed by atoms with van der Waals surface area (Å²) < 4.78 is 33.3. The van der Waals surface area contributed by atoms with E-state index in [0.717, 1.165) is 6.42 Å². The smallest absolute Gasteiger partial charge is 0.408 e. The van der Waals surface area contributed by atoms with Gasteiger partial charge in [-0.1, -0.05) is 6.92 Å². The Hall–Kier alpha value is -1.35. The van der Waals surface area contributed by atoms with E-state index >= 15 is 0 Å². The van der Waals surface area contributed by atoms with E-state index in [-0.39, 0.29) is 28.3 Å². The first-order valence-corrected chi connectivity index (χ1v) is 8.51. The molecule has 128 valence electrons. The Labute approximate surface area is 140 Å². The molecule has 1 atom stereocenters. The normalized spacial score (nSPS) is 22.4. The number of fused-ring (bicyclic) bond motifs is 1. The summed E-state index contributed by atoms with van der Waals surface area (Å²) in [6, 6.07) is 4.50. The number of halogens is 1. The second-order valence-corrected chi connectivity index (χ2v) is 8.10. The second-order valence-electron chi connectivity index (χ2n) is 6.16. The molecule has 1 unspecified atom stereocenters. The Balaban J connectivity index is 0.00000192. The topological polar surface area (TPSA) is 98.5 Å². The number of rotatable bonds is 3. The third kappa shape index (κ3) is 2.91. The maximum Gasteiger partial charge on any atom is 0.419 e. The summed E-state index contributed by atoms with van der Waals surface area (Å²) in [7, 11) is -2.03. The van der Waals surface area contributed by atoms with E-state index in [1.54, 1.807) is 13.1 Å². The number of benzene rings is 1. The summed E-state index contributed by atoms with van der Waals surface area (Å²) in [5.41, 5.74) is 6.39. The summed E-state index contributed by atoms with van der Waals surface area (Å²) in [5, 5.41) is 0. The molecule has 0 amide bonds. The third-order valence-corrected chi connectivity index (χ3v) is 6.26. The van der Waals surface area contributed by atoms with Gasteiger partial charge < -0.3 is 10.2 Å².